The summed E-state index contributed by atoms with van der Waals surface area (Å²) in [5.41, 5.74) is 1.49. The van der Waals surface area contributed by atoms with Gasteiger partial charge in [0.1, 0.15) is 12.6 Å². The predicted molar refractivity (Wildman–Crippen MR) is 120 cm³/mol. The van der Waals surface area contributed by atoms with Crippen molar-refractivity contribution in [3.05, 3.63) is 29.3 Å². The number of rotatable bonds is 7. The molecule has 1 atom stereocenters. The van der Waals surface area contributed by atoms with E-state index in [0.717, 1.165) is 25.7 Å². The standard InChI is InChI=1S/C22H33ClN4O4/c1-22(2,3)19(25-21(30)24-17-11-7-10-16(23)12-17)20(29)27(14-18(28)26-31)13-15-8-5-4-6-9-15/h7,10-12,15,19,31H,4-6,8-9,13-14H2,1-3H3,(H,26,28)(H2,24,25,30)/t19-/m1/s1. The maximum Gasteiger partial charge on any atom is 0.319 e. The number of carbonyl (C=O) groups excluding carboxylic acids is 3. The third kappa shape index (κ3) is 8.03. The summed E-state index contributed by atoms with van der Waals surface area (Å²) in [5, 5.41) is 14.9. The number of hydroxylamine groups is 1. The van der Waals surface area contributed by atoms with Gasteiger partial charge < -0.3 is 15.5 Å². The van der Waals surface area contributed by atoms with Gasteiger partial charge in [0.05, 0.1) is 0 Å². The van der Waals surface area contributed by atoms with Crippen molar-refractivity contribution >= 4 is 35.1 Å². The van der Waals surface area contributed by atoms with Crippen molar-refractivity contribution in [3.8, 4) is 0 Å². The third-order valence-electron chi connectivity index (χ3n) is 5.45. The first-order chi connectivity index (χ1) is 14.6. The molecule has 0 aliphatic heterocycles. The zero-order valence-electron chi connectivity index (χ0n) is 18.4. The van der Waals surface area contributed by atoms with Gasteiger partial charge in [0.2, 0.25) is 5.91 Å². The van der Waals surface area contributed by atoms with Crippen LogP contribution in [0, 0.1) is 11.3 Å². The van der Waals surface area contributed by atoms with Gasteiger partial charge in [-0.15, -0.1) is 0 Å². The summed E-state index contributed by atoms with van der Waals surface area (Å²) in [7, 11) is 0. The van der Waals surface area contributed by atoms with Gasteiger partial charge in [0.25, 0.3) is 5.91 Å². The summed E-state index contributed by atoms with van der Waals surface area (Å²) < 4.78 is 0. The Labute approximate surface area is 188 Å². The molecular formula is C22H33ClN4O4. The molecule has 0 spiro atoms. The molecular weight excluding hydrogens is 420 g/mol. The van der Waals surface area contributed by atoms with E-state index in [4.69, 9.17) is 16.8 Å². The van der Waals surface area contributed by atoms with Crippen LogP contribution in [0.25, 0.3) is 0 Å². The topological polar surface area (TPSA) is 111 Å². The second-order valence-electron chi connectivity index (χ2n) is 9.17. The number of benzene rings is 1. The van der Waals surface area contributed by atoms with Crippen LogP contribution in [0.5, 0.6) is 0 Å². The SMILES string of the molecule is CC(C)(C)[C@H](NC(=O)Nc1cccc(Cl)c1)C(=O)N(CC(=O)NO)CC1CCCCC1. The fraction of sp³-hybridized carbons (Fsp3) is 0.591. The van der Waals surface area contributed by atoms with Crippen LogP contribution < -0.4 is 16.1 Å². The Morgan fingerprint density at radius 3 is 2.45 bits per heavy atom. The lowest BCUT2D eigenvalue weighted by atomic mass is 9.84. The van der Waals surface area contributed by atoms with E-state index in [1.807, 2.05) is 20.8 Å². The Bertz CT molecular complexity index is 775. The fourth-order valence-electron chi connectivity index (χ4n) is 3.82. The quantitative estimate of drug-likeness (QED) is 0.372. The van der Waals surface area contributed by atoms with Gasteiger partial charge in [-0.3, -0.25) is 14.8 Å². The first-order valence-electron chi connectivity index (χ1n) is 10.6. The lowest BCUT2D eigenvalue weighted by Gasteiger charge is -2.36. The average Bonchev–Trinajstić information content (AvgIpc) is 2.71. The molecule has 0 unspecified atom stereocenters. The molecule has 0 saturated heterocycles. The normalized spacial score (nSPS) is 15.6. The molecule has 0 aromatic heterocycles. The van der Waals surface area contributed by atoms with Crippen LogP contribution >= 0.6 is 11.6 Å². The molecule has 1 aromatic carbocycles. The third-order valence-corrected chi connectivity index (χ3v) is 5.68. The van der Waals surface area contributed by atoms with E-state index in [2.05, 4.69) is 10.6 Å². The number of hydrogen-bond donors (Lipinski definition) is 4. The highest BCUT2D eigenvalue weighted by Gasteiger charge is 2.37. The molecule has 172 valence electrons. The van der Waals surface area contributed by atoms with Gasteiger partial charge in [-0.25, -0.2) is 10.3 Å². The molecule has 9 heteroatoms. The fourth-order valence-corrected chi connectivity index (χ4v) is 4.01. The lowest BCUT2D eigenvalue weighted by Crippen LogP contribution is -2.57. The smallest absolute Gasteiger partial charge is 0.319 e. The lowest BCUT2D eigenvalue weighted by molar-refractivity contribution is -0.142. The van der Waals surface area contributed by atoms with Crippen molar-refractivity contribution in [1.29, 1.82) is 0 Å². The number of carbonyl (C=O) groups is 3. The van der Waals surface area contributed by atoms with Gasteiger partial charge in [-0.1, -0.05) is 57.7 Å². The van der Waals surface area contributed by atoms with Crippen molar-refractivity contribution in [3.63, 3.8) is 0 Å². The van der Waals surface area contributed by atoms with Gasteiger partial charge >= 0.3 is 6.03 Å². The molecule has 8 nitrogen and oxygen atoms in total. The van der Waals surface area contributed by atoms with Gasteiger partial charge in [-0.2, -0.15) is 0 Å². The predicted octanol–water partition coefficient (Wildman–Crippen LogP) is 3.79. The van der Waals surface area contributed by atoms with E-state index in [0.29, 0.717) is 23.2 Å². The molecule has 1 aromatic rings. The molecule has 4 amide bonds. The minimum atomic E-state index is -0.873. The second-order valence-corrected chi connectivity index (χ2v) is 9.60. The van der Waals surface area contributed by atoms with Crippen molar-refractivity contribution in [2.45, 2.75) is 58.9 Å². The minimum Gasteiger partial charge on any atom is -0.331 e. The van der Waals surface area contributed by atoms with Crippen LogP contribution in [0.2, 0.25) is 5.02 Å². The highest BCUT2D eigenvalue weighted by atomic mass is 35.5. The number of nitrogens with zero attached hydrogens (tertiary/aromatic N) is 1. The summed E-state index contributed by atoms with van der Waals surface area (Å²) in [5.74, 6) is -0.729. The Hall–Kier alpha value is -2.32. The van der Waals surface area contributed by atoms with Crippen molar-refractivity contribution in [2.24, 2.45) is 11.3 Å². The van der Waals surface area contributed by atoms with E-state index in [1.54, 1.807) is 29.7 Å². The van der Waals surface area contributed by atoms with Crippen LogP contribution in [0.1, 0.15) is 52.9 Å². The van der Waals surface area contributed by atoms with Gasteiger partial charge in [0, 0.05) is 17.3 Å². The van der Waals surface area contributed by atoms with Crippen LogP contribution in [0.3, 0.4) is 0 Å². The van der Waals surface area contributed by atoms with Gasteiger partial charge in [0.15, 0.2) is 0 Å². The van der Waals surface area contributed by atoms with Crippen molar-refractivity contribution < 1.29 is 19.6 Å². The van der Waals surface area contributed by atoms with Crippen LogP contribution in [0.15, 0.2) is 24.3 Å². The summed E-state index contributed by atoms with van der Waals surface area (Å²) in [6.07, 6.45) is 5.36. The van der Waals surface area contributed by atoms with Crippen LogP contribution in [0.4, 0.5) is 10.5 Å². The average molecular weight is 453 g/mol. The van der Waals surface area contributed by atoms with Crippen LogP contribution in [-0.2, 0) is 9.59 Å². The largest absolute Gasteiger partial charge is 0.331 e. The zero-order valence-corrected chi connectivity index (χ0v) is 19.2. The first kappa shape index (κ1) is 24.9. The van der Waals surface area contributed by atoms with Gasteiger partial charge in [-0.05, 0) is 42.4 Å². The summed E-state index contributed by atoms with van der Waals surface area (Å²) in [4.78, 5) is 39.4. The Balaban J connectivity index is 2.16. The molecule has 1 saturated carbocycles. The maximum absolute atomic E-state index is 13.5. The highest BCUT2D eigenvalue weighted by Crippen LogP contribution is 2.27. The second kappa shape index (κ2) is 11.3. The van der Waals surface area contributed by atoms with Crippen molar-refractivity contribution in [1.82, 2.24) is 15.7 Å². The number of nitrogens with one attached hydrogen (secondary N) is 3. The Kier molecular flexibility index (Phi) is 9.13. The summed E-state index contributed by atoms with van der Waals surface area (Å²) >= 11 is 5.96. The molecule has 0 heterocycles. The number of urea groups is 1. The number of amides is 4. The molecule has 4 N–H and O–H groups in total. The maximum atomic E-state index is 13.5. The minimum absolute atomic E-state index is 0.268. The molecule has 1 fully saturated rings. The zero-order chi connectivity index (χ0) is 23.0. The summed E-state index contributed by atoms with van der Waals surface area (Å²) in [6, 6.07) is 5.29. The first-order valence-corrected chi connectivity index (χ1v) is 11.0. The Morgan fingerprint density at radius 2 is 1.87 bits per heavy atom. The molecule has 0 radical (unpaired) electrons. The van der Waals surface area contributed by atoms with E-state index in [9.17, 15) is 14.4 Å². The molecule has 1 aliphatic carbocycles. The molecule has 1 aliphatic rings. The number of anilines is 1. The highest BCUT2D eigenvalue weighted by molar-refractivity contribution is 6.30. The summed E-state index contributed by atoms with van der Waals surface area (Å²) in [6.45, 7) is 5.69. The van der Waals surface area contributed by atoms with Crippen molar-refractivity contribution in [2.75, 3.05) is 18.4 Å². The molecule has 31 heavy (non-hydrogen) atoms. The number of hydrogen-bond acceptors (Lipinski definition) is 4. The van der Waals surface area contributed by atoms with E-state index in [1.165, 1.54) is 11.3 Å². The molecule has 0 bridgehead atoms. The number of halogens is 1. The monoisotopic (exact) mass is 452 g/mol. The molecule has 2 rings (SSSR count). The van der Waals surface area contributed by atoms with E-state index in [-0.39, 0.29) is 12.5 Å². The Morgan fingerprint density at radius 1 is 1.19 bits per heavy atom. The van der Waals surface area contributed by atoms with E-state index < -0.39 is 23.4 Å². The van der Waals surface area contributed by atoms with E-state index >= 15 is 0 Å². The van der Waals surface area contributed by atoms with Crippen LogP contribution in [-0.4, -0.2) is 47.1 Å².